The first kappa shape index (κ1) is 14.2. The van der Waals surface area contributed by atoms with E-state index in [1.54, 1.807) is 24.4 Å². The van der Waals surface area contributed by atoms with E-state index in [0.717, 1.165) is 4.88 Å². The summed E-state index contributed by atoms with van der Waals surface area (Å²) in [4.78, 5) is 27.8. The van der Waals surface area contributed by atoms with Gasteiger partial charge >= 0.3 is 5.97 Å². The van der Waals surface area contributed by atoms with Crippen molar-refractivity contribution in [1.29, 1.82) is 0 Å². The number of amides is 1. The van der Waals surface area contributed by atoms with E-state index in [9.17, 15) is 9.59 Å². The zero-order chi connectivity index (χ0) is 14.4. The van der Waals surface area contributed by atoms with Crippen LogP contribution in [0.15, 0.2) is 41.9 Å². The molecule has 2 N–H and O–H groups in total. The number of thiophene rings is 1. The first-order valence-corrected chi connectivity index (χ1v) is 6.99. The number of pyridine rings is 1. The van der Waals surface area contributed by atoms with Crippen LogP contribution in [0.2, 0.25) is 0 Å². The zero-order valence-corrected chi connectivity index (χ0v) is 11.5. The molecule has 0 aliphatic heterocycles. The lowest BCUT2D eigenvalue weighted by Gasteiger charge is -2.12. The van der Waals surface area contributed by atoms with Crippen molar-refractivity contribution in [2.75, 3.05) is 5.32 Å². The largest absolute Gasteiger partial charge is 0.481 e. The fraction of sp³-hybridized carbons (Fsp3) is 0.214. The van der Waals surface area contributed by atoms with Crippen LogP contribution in [0.5, 0.6) is 0 Å². The van der Waals surface area contributed by atoms with Gasteiger partial charge in [0.25, 0.3) is 0 Å². The van der Waals surface area contributed by atoms with Crippen LogP contribution >= 0.6 is 11.3 Å². The molecule has 0 bridgehead atoms. The van der Waals surface area contributed by atoms with Gasteiger partial charge in [0.15, 0.2) is 0 Å². The van der Waals surface area contributed by atoms with E-state index in [0.29, 0.717) is 5.82 Å². The molecule has 0 spiro atoms. The van der Waals surface area contributed by atoms with E-state index < -0.39 is 5.97 Å². The minimum Gasteiger partial charge on any atom is -0.481 e. The molecule has 0 saturated carbocycles. The van der Waals surface area contributed by atoms with Crippen LogP contribution < -0.4 is 5.32 Å². The lowest BCUT2D eigenvalue weighted by atomic mass is 9.99. The average Bonchev–Trinajstić information content (AvgIpc) is 2.92. The molecule has 0 unspecified atom stereocenters. The van der Waals surface area contributed by atoms with Gasteiger partial charge in [-0.15, -0.1) is 11.3 Å². The van der Waals surface area contributed by atoms with Gasteiger partial charge in [0.1, 0.15) is 5.82 Å². The number of aromatic nitrogens is 1. The molecule has 104 valence electrons. The number of anilines is 1. The summed E-state index contributed by atoms with van der Waals surface area (Å²) in [7, 11) is 0. The predicted molar refractivity (Wildman–Crippen MR) is 76.8 cm³/mol. The van der Waals surface area contributed by atoms with Gasteiger partial charge in [0.2, 0.25) is 5.91 Å². The summed E-state index contributed by atoms with van der Waals surface area (Å²) in [5.74, 6) is -0.980. The van der Waals surface area contributed by atoms with Crippen molar-refractivity contribution in [3.8, 4) is 0 Å². The number of carbonyl (C=O) groups is 2. The number of hydrogen-bond donors (Lipinski definition) is 2. The lowest BCUT2D eigenvalue weighted by Crippen LogP contribution is -2.17. The highest BCUT2D eigenvalue weighted by Gasteiger charge is 2.20. The fourth-order valence-electron chi connectivity index (χ4n) is 1.86. The van der Waals surface area contributed by atoms with Crippen LogP contribution in [0.4, 0.5) is 5.82 Å². The molecular weight excluding hydrogens is 276 g/mol. The van der Waals surface area contributed by atoms with Crippen LogP contribution in [0.3, 0.4) is 0 Å². The number of hydrogen-bond acceptors (Lipinski definition) is 4. The molecule has 0 saturated heterocycles. The maximum Gasteiger partial charge on any atom is 0.304 e. The van der Waals surface area contributed by atoms with Crippen LogP contribution in [0, 0.1) is 0 Å². The van der Waals surface area contributed by atoms with Crippen LogP contribution in [-0.4, -0.2) is 22.0 Å². The molecule has 2 rings (SSSR count). The molecule has 1 atom stereocenters. The molecule has 0 aliphatic carbocycles. The minimum atomic E-state index is -0.908. The van der Waals surface area contributed by atoms with Crippen molar-refractivity contribution in [2.45, 2.75) is 18.8 Å². The molecule has 5 nitrogen and oxygen atoms in total. The number of carbonyl (C=O) groups excluding carboxylic acids is 1. The van der Waals surface area contributed by atoms with Crippen molar-refractivity contribution >= 4 is 29.0 Å². The van der Waals surface area contributed by atoms with Gasteiger partial charge in [-0.25, -0.2) is 4.98 Å². The molecule has 2 aromatic rings. The monoisotopic (exact) mass is 290 g/mol. The SMILES string of the molecule is O=C(O)C[C@H](CC(=O)Nc1ccccn1)c1cccs1. The minimum absolute atomic E-state index is 0.0594. The van der Waals surface area contributed by atoms with E-state index in [-0.39, 0.29) is 24.7 Å². The fourth-order valence-corrected chi connectivity index (χ4v) is 2.69. The Kier molecular flexibility index (Phi) is 4.84. The van der Waals surface area contributed by atoms with E-state index in [4.69, 9.17) is 5.11 Å². The van der Waals surface area contributed by atoms with Crippen molar-refractivity contribution in [3.63, 3.8) is 0 Å². The summed E-state index contributed by atoms with van der Waals surface area (Å²) in [5, 5.41) is 13.5. The quantitative estimate of drug-likeness (QED) is 0.857. The van der Waals surface area contributed by atoms with Gasteiger partial charge in [0, 0.05) is 23.4 Å². The number of carboxylic acid groups (broad SMARTS) is 1. The van der Waals surface area contributed by atoms with Gasteiger partial charge < -0.3 is 10.4 Å². The molecule has 2 heterocycles. The van der Waals surface area contributed by atoms with E-state index in [2.05, 4.69) is 10.3 Å². The third-order valence-corrected chi connectivity index (χ3v) is 3.77. The molecular formula is C14H14N2O3S. The second-order valence-corrected chi connectivity index (χ2v) is 5.26. The molecule has 20 heavy (non-hydrogen) atoms. The zero-order valence-electron chi connectivity index (χ0n) is 10.7. The van der Waals surface area contributed by atoms with Crippen molar-refractivity contribution in [3.05, 3.63) is 46.8 Å². The Morgan fingerprint density at radius 1 is 1.25 bits per heavy atom. The summed E-state index contributed by atoms with van der Waals surface area (Å²) in [6, 6.07) is 8.93. The van der Waals surface area contributed by atoms with Crippen molar-refractivity contribution < 1.29 is 14.7 Å². The van der Waals surface area contributed by atoms with Crippen LogP contribution in [0.1, 0.15) is 23.6 Å². The Balaban J connectivity index is 2.00. The van der Waals surface area contributed by atoms with Crippen molar-refractivity contribution in [2.24, 2.45) is 0 Å². The predicted octanol–water partition coefficient (Wildman–Crippen LogP) is 2.73. The molecule has 6 heteroatoms. The number of nitrogens with one attached hydrogen (secondary N) is 1. The molecule has 1 amide bonds. The third-order valence-electron chi connectivity index (χ3n) is 2.73. The Bertz CT molecular complexity index is 569. The first-order chi connectivity index (χ1) is 9.65. The molecule has 0 fully saturated rings. The Morgan fingerprint density at radius 2 is 2.10 bits per heavy atom. The first-order valence-electron chi connectivity index (χ1n) is 6.11. The number of aliphatic carboxylic acids is 1. The molecule has 2 aromatic heterocycles. The van der Waals surface area contributed by atoms with Crippen LogP contribution in [-0.2, 0) is 9.59 Å². The molecule has 0 radical (unpaired) electrons. The second-order valence-electron chi connectivity index (χ2n) is 4.28. The summed E-state index contributed by atoms with van der Waals surface area (Å²) in [6.45, 7) is 0. The average molecular weight is 290 g/mol. The maximum atomic E-state index is 12.0. The normalized spacial score (nSPS) is 11.8. The Morgan fingerprint density at radius 3 is 2.70 bits per heavy atom. The second kappa shape index (κ2) is 6.81. The highest BCUT2D eigenvalue weighted by molar-refractivity contribution is 7.10. The number of rotatable bonds is 6. The summed E-state index contributed by atoms with van der Waals surface area (Å²) >= 11 is 1.46. The third kappa shape index (κ3) is 4.17. The summed E-state index contributed by atoms with van der Waals surface area (Å²) < 4.78 is 0. The van der Waals surface area contributed by atoms with Gasteiger partial charge in [0.05, 0.1) is 6.42 Å². The topological polar surface area (TPSA) is 79.3 Å². The standard InChI is InChI=1S/C14H14N2O3S/c17-13(16-12-5-1-2-6-15-12)8-10(9-14(18)19)11-4-3-7-20-11/h1-7,10H,8-9H2,(H,18,19)(H,15,16,17)/t10-/m0/s1. The molecule has 0 aliphatic rings. The van der Waals surface area contributed by atoms with E-state index in [1.165, 1.54) is 11.3 Å². The van der Waals surface area contributed by atoms with E-state index in [1.807, 2.05) is 17.5 Å². The maximum absolute atomic E-state index is 12.0. The number of nitrogens with zero attached hydrogens (tertiary/aromatic N) is 1. The van der Waals surface area contributed by atoms with Gasteiger partial charge in [-0.3, -0.25) is 9.59 Å². The van der Waals surface area contributed by atoms with Gasteiger partial charge in [-0.1, -0.05) is 12.1 Å². The summed E-state index contributed by atoms with van der Waals surface area (Å²) in [6.07, 6.45) is 1.66. The summed E-state index contributed by atoms with van der Waals surface area (Å²) in [5.41, 5.74) is 0. The van der Waals surface area contributed by atoms with Crippen molar-refractivity contribution in [1.82, 2.24) is 4.98 Å². The highest BCUT2D eigenvalue weighted by atomic mass is 32.1. The molecule has 0 aromatic carbocycles. The smallest absolute Gasteiger partial charge is 0.304 e. The Labute approximate surface area is 120 Å². The van der Waals surface area contributed by atoms with Gasteiger partial charge in [-0.2, -0.15) is 0 Å². The number of carboxylic acids is 1. The van der Waals surface area contributed by atoms with Gasteiger partial charge in [-0.05, 0) is 23.6 Å². The Hall–Kier alpha value is -2.21. The van der Waals surface area contributed by atoms with E-state index >= 15 is 0 Å². The lowest BCUT2D eigenvalue weighted by molar-refractivity contribution is -0.137. The highest BCUT2D eigenvalue weighted by Crippen LogP contribution is 2.28. The van der Waals surface area contributed by atoms with Crippen LogP contribution in [0.25, 0.3) is 0 Å².